The van der Waals surface area contributed by atoms with Crippen LogP contribution in [0.2, 0.25) is 0 Å². The summed E-state index contributed by atoms with van der Waals surface area (Å²) in [6.45, 7) is 2.22. The van der Waals surface area contributed by atoms with Gasteiger partial charge >= 0.3 is 0 Å². The second kappa shape index (κ2) is 8.58. The molecule has 1 heteroatoms. The van der Waals surface area contributed by atoms with Crippen molar-refractivity contribution >= 4 is 0 Å². The molecular weight excluding hydrogens is 206 g/mol. The minimum absolute atomic E-state index is 0.503. The van der Waals surface area contributed by atoms with Crippen molar-refractivity contribution in [3.8, 4) is 6.07 Å². The largest absolute Gasteiger partial charge is 0.193 e. The van der Waals surface area contributed by atoms with E-state index in [2.05, 4.69) is 43.3 Å². The van der Waals surface area contributed by atoms with Crippen molar-refractivity contribution in [2.24, 2.45) is 5.92 Å². The molecule has 0 aliphatic rings. The smallest absolute Gasteiger partial charge is 0.0908 e. The molecule has 0 amide bonds. The molecule has 0 saturated heterocycles. The summed E-state index contributed by atoms with van der Waals surface area (Å²) in [7, 11) is 0. The first-order valence-corrected chi connectivity index (χ1v) is 6.47. The molecule has 0 saturated carbocycles. The Kier molecular flexibility index (Phi) is 6.82. The van der Waals surface area contributed by atoms with Gasteiger partial charge in [-0.3, -0.25) is 0 Å². The third-order valence-electron chi connectivity index (χ3n) is 2.96. The standard InChI is InChI=1S/C16H21N/c1-2-3-5-9-16(12-8-13-17)14-15-10-6-4-7-11-15/h4,6-8,10-12,16H,2-3,5,9,14H2,1H3/b12-8+/t16-/m0/s1. The molecule has 0 fully saturated rings. The summed E-state index contributed by atoms with van der Waals surface area (Å²) in [6, 6.07) is 12.6. The van der Waals surface area contributed by atoms with Crippen molar-refractivity contribution in [2.45, 2.75) is 39.0 Å². The SMILES string of the molecule is CCCCC[C@@H](/C=C/C#N)Cc1ccccc1. The third kappa shape index (κ3) is 5.92. The second-order valence-corrected chi connectivity index (χ2v) is 4.43. The Morgan fingerprint density at radius 3 is 2.65 bits per heavy atom. The van der Waals surface area contributed by atoms with Crippen LogP contribution in [-0.4, -0.2) is 0 Å². The van der Waals surface area contributed by atoms with Crippen molar-refractivity contribution in [1.29, 1.82) is 5.26 Å². The van der Waals surface area contributed by atoms with Gasteiger partial charge in [0.25, 0.3) is 0 Å². The van der Waals surface area contributed by atoms with Crippen LogP contribution >= 0.6 is 0 Å². The molecule has 1 atom stereocenters. The van der Waals surface area contributed by atoms with Crippen LogP contribution in [0.4, 0.5) is 0 Å². The predicted octanol–water partition coefficient (Wildman–Crippen LogP) is 4.51. The van der Waals surface area contributed by atoms with Crippen LogP contribution in [-0.2, 0) is 6.42 Å². The van der Waals surface area contributed by atoms with Crippen molar-refractivity contribution in [3.63, 3.8) is 0 Å². The summed E-state index contributed by atoms with van der Waals surface area (Å²) in [5, 5.41) is 8.62. The molecule has 1 aromatic rings. The fourth-order valence-corrected chi connectivity index (χ4v) is 2.02. The molecule has 90 valence electrons. The minimum atomic E-state index is 0.503. The Labute approximate surface area is 105 Å². The number of nitrogens with zero attached hydrogens (tertiary/aromatic N) is 1. The highest BCUT2D eigenvalue weighted by atomic mass is 14.2. The summed E-state index contributed by atoms with van der Waals surface area (Å²) in [4.78, 5) is 0. The number of hydrogen-bond acceptors (Lipinski definition) is 1. The number of rotatable bonds is 7. The van der Waals surface area contributed by atoms with Gasteiger partial charge in [-0.25, -0.2) is 0 Å². The van der Waals surface area contributed by atoms with E-state index in [4.69, 9.17) is 5.26 Å². The van der Waals surface area contributed by atoms with Crippen LogP contribution in [0.5, 0.6) is 0 Å². The van der Waals surface area contributed by atoms with Gasteiger partial charge in [-0.05, 0) is 24.3 Å². The van der Waals surface area contributed by atoms with Crippen LogP contribution in [0.15, 0.2) is 42.5 Å². The molecule has 0 spiro atoms. The maximum Gasteiger partial charge on any atom is 0.0908 e. The quantitative estimate of drug-likeness (QED) is 0.497. The summed E-state index contributed by atoms with van der Waals surface area (Å²) >= 11 is 0. The number of hydrogen-bond donors (Lipinski definition) is 0. The van der Waals surface area contributed by atoms with Crippen molar-refractivity contribution in [3.05, 3.63) is 48.0 Å². The lowest BCUT2D eigenvalue weighted by molar-refractivity contribution is 0.537. The molecule has 1 rings (SSSR count). The van der Waals surface area contributed by atoms with Crippen LogP contribution in [0.1, 0.15) is 38.2 Å². The van der Waals surface area contributed by atoms with E-state index < -0.39 is 0 Å². The molecule has 0 heterocycles. The van der Waals surface area contributed by atoms with E-state index in [0.29, 0.717) is 5.92 Å². The van der Waals surface area contributed by atoms with Crippen LogP contribution < -0.4 is 0 Å². The lowest BCUT2D eigenvalue weighted by Gasteiger charge is -2.12. The Balaban J connectivity index is 2.51. The van der Waals surface area contributed by atoms with Gasteiger partial charge in [-0.1, -0.05) is 62.6 Å². The minimum Gasteiger partial charge on any atom is -0.193 e. The zero-order valence-electron chi connectivity index (χ0n) is 10.6. The zero-order chi connectivity index (χ0) is 12.3. The molecule has 17 heavy (non-hydrogen) atoms. The summed E-state index contributed by atoms with van der Waals surface area (Å²) in [6.07, 6.45) is 9.70. The van der Waals surface area contributed by atoms with E-state index in [1.165, 1.54) is 31.2 Å². The highest BCUT2D eigenvalue weighted by Gasteiger charge is 2.05. The molecule has 0 radical (unpaired) electrons. The molecular formula is C16H21N. The molecule has 0 aromatic heterocycles. The van der Waals surface area contributed by atoms with E-state index >= 15 is 0 Å². The van der Waals surface area contributed by atoms with Gasteiger partial charge in [0.05, 0.1) is 6.07 Å². The highest BCUT2D eigenvalue weighted by molar-refractivity contribution is 5.17. The lowest BCUT2D eigenvalue weighted by Crippen LogP contribution is -2.01. The van der Waals surface area contributed by atoms with Gasteiger partial charge in [0.15, 0.2) is 0 Å². The fourth-order valence-electron chi connectivity index (χ4n) is 2.02. The number of allylic oxidation sites excluding steroid dienone is 2. The van der Waals surface area contributed by atoms with E-state index in [9.17, 15) is 0 Å². The number of unbranched alkanes of at least 4 members (excludes halogenated alkanes) is 2. The molecule has 0 unspecified atom stereocenters. The first-order valence-electron chi connectivity index (χ1n) is 6.47. The second-order valence-electron chi connectivity index (χ2n) is 4.43. The average Bonchev–Trinajstić information content (AvgIpc) is 2.37. The van der Waals surface area contributed by atoms with E-state index in [0.717, 1.165) is 6.42 Å². The summed E-state index contributed by atoms with van der Waals surface area (Å²) < 4.78 is 0. The van der Waals surface area contributed by atoms with Gasteiger partial charge in [-0.15, -0.1) is 0 Å². The normalized spacial score (nSPS) is 12.5. The Morgan fingerprint density at radius 2 is 2.00 bits per heavy atom. The lowest BCUT2D eigenvalue weighted by atomic mass is 9.93. The molecule has 0 bridgehead atoms. The number of benzene rings is 1. The van der Waals surface area contributed by atoms with Crippen LogP contribution in [0.25, 0.3) is 0 Å². The molecule has 0 N–H and O–H groups in total. The van der Waals surface area contributed by atoms with Gasteiger partial charge < -0.3 is 0 Å². The predicted molar refractivity (Wildman–Crippen MR) is 72.5 cm³/mol. The molecule has 1 aromatic carbocycles. The van der Waals surface area contributed by atoms with Crippen molar-refractivity contribution in [2.75, 3.05) is 0 Å². The van der Waals surface area contributed by atoms with E-state index in [1.54, 1.807) is 6.08 Å². The molecule has 0 aliphatic carbocycles. The van der Waals surface area contributed by atoms with Gasteiger partial charge in [0.2, 0.25) is 0 Å². The maximum absolute atomic E-state index is 8.62. The van der Waals surface area contributed by atoms with E-state index in [-0.39, 0.29) is 0 Å². The molecule has 0 aliphatic heterocycles. The highest BCUT2D eigenvalue weighted by Crippen LogP contribution is 2.17. The third-order valence-corrected chi connectivity index (χ3v) is 2.96. The topological polar surface area (TPSA) is 23.8 Å². The number of nitriles is 1. The first-order chi connectivity index (χ1) is 8.36. The van der Waals surface area contributed by atoms with Crippen molar-refractivity contribution < 1.29 is 0 Å². The average molecular weight is 227 g/mol. The first kappa shape index (κ1) is 13.5. The Hall–Kier alpha value is -1.55. The Bertz CT molecular complexity index is 359. The van der Waals surface area contributed by atoms with Crippen LogP contribution in [0, 0.1) is 17.2 Å². The summed E-state index contributed by atoms with van der Waals surface area (Å²) in [5.74, 6) is 0.503. The Morgan fingerprint density at radius 1 is 1.24 bits per heavy atom. The van der Waals surface area contributed by atoms with Gasteiger partial charge in [0.1, 0.15) is 0 Å². The molecule has 1 nitrogen and oxygen atoms in total. The maximum atomic E-state index is 8.62. The summed E-state index contributed by atoms with van der Waals surface area (Å²) in [5.41, 5.74) is 1.36. The van der Waals surface area contributed by atoms with Crippen molar-refractivity contribution in [1.82, 2.24) is 0 Å². The zero-order valence-corrected chi connectivity index (χ0v) is 10.6. The van der Waals surface area contributed by atoms with Gasteiger partial charge in [-0.2, -0.15) is 5.26 Å². The van der Waals surface area contributed by atoms with Crippen LogP contribution in [0.3, 0.4) is 0 Å². The fraction of sp³-hybridized carbons (Fsp3) is 0.438. The van der Waals surface area contributed by atoms with E-state index in [1.807, 2.05) is 6.07 Å². The van der Waals surface area contributed by atoms with Gasteiger partial charge in [0, 0.05) is 6.08 Å². The monoisotopic (exact) mass is 227 g/mol.